The minimum absolute atomic E-state index is 0.0336. The number of hydrogen-bond donors (Lipinski definition) is 1. The Bertz CT molecular complexity index is 441. The Hall–Kier alpha value is -1.63. The van der Waals surface area contributed by atoms with Gasteiger partial charge in [-0.1, -0.05) is 0 Å². The fourth-order valence-corrected chi connectivity index (χ4v) is 3.28. The molecule has 1 N–H and O–H groups in total. The quantitative estimate of drug-likeness (QED) is 0.791. The number of carboxylic acids is 1. The Morgan fingerprint density at radius 2 is 1.82 bits per heavy atom. The molecule has 0 bridgehead atoms. The first-order chi connectivity index (χ1) is 10.5. The fourth-order valence-electron chi connectivity index (χ4n) is 3.28. The van der Waals surface area contributed by atoms with Crippen LogP contribution in [0.5, 0.6) is 0 Å². The van der Waals surface area contributed by atoms with Crippen molar-refractivity contribution in [3.63, 3.8) is 0 Å². The first-order valence-electron chi connectivity index (χ1n) is 7.99. The molecule has 1 unspecified atom stereocenters. The number of carbonyl (C=O) groups is 3. The maximum atomic E-state index is 12.7. The summed E-state index contributed by atoms with van der Waals surface area (Å²) in [4.78, 5) is 40.5. The Morgan fingerprint density at radius 3 is 2.50 bits per heavy atom. The molecule has 22 heavy (non-hydrogen) atoms. The molecule has 2 heterocycles. The monoisotopic (exact) mass is 311 g/mol. The lowest BCUT2D eigenvalue weighted by atomic mass is 10.2. The molecule has 2 fully saturated rings. The van der Waals surface area contributed by atoms with Crippen molar-refractivity contribution in [3.8, 4) is 0 Å². The number of amides is 2. The number of rotatable bonds is 4. The van der Waals surface area contributed by atoms with Crippen LogP contribution in [0.1, 0.15) is 32.6 Å². The second-order valence-electron chi connectivity index (χ2n) is 6.03. The van der Waals surface area contributed by atoms with Gasteiger partial charge in [0.05, 0.1) is 6.42 Å². The van der Waals surface area contributed by atoms with E-state index in [-0.39, 0.29) is 24.3 Å². The van der Waals surface area contributed by atoms with Gasteiger partial charge in [0, 0.05) is 39.6 Å². The van der Waals surface area contributed by atoms with Crippen LogP contribution in [0.4, 0.5) is 0 Å². The minimum atomic E-state index is -0.791. The summed E-state index contributed by atoms with van der Waals surface area (Å²) in [6.45, 7) is 5.53. The van der Waals surface area contributed by atoms with E-state index in [1.165, 1.54) is 6.92 Å². The van der Waals surface area contributed by atoms with Crippen molar-refractivity contribution < 1.29 is 19.5 Å². The Morgan fingerprint density at radius 1 is 1.05 bits per heavy atom. The molecular weight excluding hydrogens is 286 g/mol. The zero-order valence-corrected chi connectivity index (χ0v) is 13.2. The summed E-state index contributed by atoms with van der Waals surface area (Å²) in [5.41, 5.74) is 0. The van der Waals surface area contributed by atoms with E-state index in [1.54, 1.807) is 4.90 Å². The molecule has 7 heteroatoms. The molecule has 7 nitrogen and oxygen atoms in total. The van der Waals surface area contributed by atoms with E-state index in [4.69, 9.17) is 5.11 Å². The molecule has 0 aromatic carbocycles. The van der Waals surface area contributed by atoms with Crippen LogP contribution in [0, 0.1) is 0 Å². The maximum absolute atomic E-state index is 12.7. The summed E-state index contributed by atoms with van der Waals surface area (Å²) in [5.74, 6) is -0.776. The second-order valence-corrected chi connectivity index (χ2v) is 6.03. The first kappa shape index (κ1) is 16.7. The third-order valence-corrected chi connectivity index (χ3v) is 4.48. The normalized spacial score (nSPS) is 23.4. The lowest BCUT2D eigenvalue weighted by molar-refractivity contribution is -0.142. The van der Waals surface area contributed by atoms with Crippen molar-refractivity contribution in [2.45, 2.75) is 38.6 Å². The third-order valence-electron chi connectivity index (χ3n) is 4.48. The average Bonchev–Trinajstić information content (AvgIpc) is 2.84. The van der Waals surface area contributed by atoms with Crippen LogP contribution >= 0.6 is 0 Å². The van der Waals surface area contributed by atoms with Gasteiger partial charge >= 0.3 is 5.97 Å². The highest BCUT2D eigenvalue weighted by atomic mass is 16.4. The molecule has 2 aliphatic heterocycles. The highest BCUT2D eigenvalue weighted by Gasteiger charge is 2.35. The summed E-state index contributed by atoms with van der Waals surface area (Å²) < 4.78 is 0. The molecule has 124 valence electrons. The van der Waals surface area contributed by atoms with E-state index in [0.29, 0.717) is 32.7 Å². The van der Waals surface area contributed by atoms with Crippen molar-refractivity contribution >= 4 is 17.8 Å². The largest absolute Gasteiger partial charge is 0.481 e. The van der Waals surface area contributed by atoms with Crippen LogP contribution in [0.3, 0.4) is 0 Å². The summed E-state index contributed by atoms with van der Waals surface area (Å²) >= 11 is 0. The number of carboxylic acid groups (broad SMARTS) is 1. The summed E-state index contributed by atoms with van der Waals surface area (Å²) in [6.07, 6.45) is 2.61. The molecule has 0 spiro atoms. The van der Waals surface area contributed by atoms with Crippen molar-refractivity contribution in [2.75, 3.05) is 39.3 Å². The Labute approximate surface area is 130 Å². The van der Waals surface area contributed by atoms with Gasteiger partial charge in [0.25, 0.3) is 0 Å². The van der Waals surface area contributed by atoms with E-state index in [2.05, 4.69) is 4.90 Å². The zero-order valence-electron chi connectivity index (χ0n) is 13.2. The SMILES string of the molecule is CC(=O)N1CCCC1C(=O)N1CCCN(CCC(=O)O)CC1. The van der Waals surface area contributed by atoms with Crippen molar-refractivity contribution in [1.29, 1.82) is 0 Å². The van der Waals surface area contributed by atoms with Gasteiger partial charge in [-0.2, -0.15) is 0 Å². The van der Waals surface area contributed by atoms with Gasteiger partial charge in [-0.25, -0.2) is 0 Å². The Balaban J connectivity index is 1.88. The molecule has 0 aliphatic carbocycles. The Kier molecular flexibility index (Phi) is 5.76. The summed E-state index contributed by atoms with van der Waals surface area (Å²) in [7, 11) is 0. The lowest BCUT2D eigenvalue weighted by Gasteiger charge is -2.29. The molecule has 2 aliphatic rings. The van der Waals surface area contributed by atoms with Crippen LogP contribution in [0.2, 0.25) is 0 Å². The van der Waals surface area contributed by atoms with Gasteiger partial charge in [0.2, 0.25) is 11.8 Å². The summed E-state index contributed by atoms with van der Waals surface area (Å²) in [6, 6.07) is -0.303. The van der Waals surface area contributed by atoms with E-state index in [9.17, 15) is 14.4 Å². The van der Waals surface area contributed by atoms with Gasteiger partial charge in [-0.15, -0.1) is 0 Å². The van der Waals surface area contributed by atoms with E-state index in [0.717, 1.165) is 25.8 Å². The van der Waals surface area contributed by atoms with Crippen LogP contribution in [0.15, 0.2) is 0 Å². The smallest absolute Gasteiger partial charge is 0.304 e. The average molecular weight is 311 g/mol. The van der Waals surface area contributed by atoms with Crippen LogP contribution in [0.25, 0.3) is 0 Å². The van der Waals surface area contributed by atoms with Gasteiger partial charge < -0.3 is 19.8 Å². The van der Waals surface area contributed by atoms with E-state index in [1.807, 2.05) is 4.90 Å². The van der Waals surface area contributed by atoms with Crippen LogP contribution < -0.4 is 0 Å². The molecule has 0 aromatic rings. The number of nitrogens with zero attached hydrogens (tertiary/aromatic N) is 3. The highest BCUT2D eigenvalue weighted by molar-refractivity contribution is 5.87. The van der Waals surface area contributed by atoms with Crippen molar-refractivity contribution in [2.24, 2.45) is 0 Å². The first-order valence-corrected chi connectivity index (χ1v) is 7.99. The second kappa shape index (κ2) is 7.58. The number of aliphatic carboxylic acids is 1. The molecule has 0 aromatic heterocycles. The topological polar surface area (TPSA) is 81.2 Å². The van der Waals surface area contributed by atoms with Gasteiger partial charge in [-0.05, 0) is 25.8 Å². The third kappa shape index (κ3) is 4.19. The van der Waals surface area contributed by atoms with Crippen LogP contribution in [-0.4, -0.2) is 82.9 Å². The highest BCUT2D eigenvalue weighted by Crippen LogP contribution is 2.20. The van der Waals surface area contributed by atoms with Gasteiger partial charge in [0.1, 0.15) is 6.04 Å². The molecule has 2 rings (SSSR count). The number of carbonyl (C=O) groups excluding carboxylic acids is 2. The van der Waals surface area contributed by atoms with Crippen LogP contribution in [-0.2, 0) is 14.4 Å². The molecular formula is C15H25N3O4. The van der Waals surface area contributed by atoms with E-state index >= 15 is 0 Å². The minimum Gasteiger partial charge on any atom is -0.481 e. The van der Waals surface area contributed by atoms with Gasteiger partial charge in [-0.3, -0.25) is 14.4 Å². The predicted molar refractivity (Wildman–Crippen MR) is 80.3 cm³/mol. The van der Waals surface area contributed by atoms with Gasteiger partial charge in [0.15, 0.2) is 0 Å². The molecule has 0 radical (unpaired) electrons. The maximum Gasteiger partial charge on any atom is 0.304 e. The predicted octanol–water partition coefficient (Wildman–Crippen LogP) is 0.00630. The molecule has 2 amide bonds. The standard InChI is InChI=1S/C15H25N3O4/c1-12(19)18-8-2-4-13(18)15(22)17-7-3-6-16(10-11-17)9-5-14(20)21/h13H,2-11H2,1H3,(H,20,21). The lowest BCUT2D eigenvalue weighted by Crippen LogP contribution is -2.48. The van der Waals surface area contributed by atoms with Crippen molar-refractivity contribution in [1.82, 2.24) is 14.7 Å². The molecule has 0 saturated carbocycles. The van der Waals surface area contributed by atoms with E-state index < -0.39 is 5.97 Å². The van der Waals surface area contributed by atoms with Crippen molar-refractivity contribution in [3.05, 3.63) is 0 Å². The molecule has 2 saturated heterocycles. The fraction of sp³-hybridized carbons (Fsp3) is 0.800. The number of hydrogen-bond acceptors (Lipinski definition) is 4. The summed E-state index contributed by atoms with van der Waals surface area (Å²) in [5, 5.41) is 8.75. The zero-order chi connectivity index (χ0) is 16.1. The molecule has 1 atom stereocenters. The number of likely N-dealkylation sites (tertiary alicyclic amines) is 1.